The lowest BCUT2D eigenvalue weighted by molar-refractivity contribution is -0.140. The molecule has 0 aromatic rings. The van der Waals surface area contributed by atoms with E-state index < -0.39 is 70.1 Å². The van der Waals surface area contributed by atoms with Crippen LogP contribution in [0.4, 0.5) is 0 Å². The van der Waals surface area contributed by atoms with Gasteiger partial charge in [0.05, 0.1) is 52.4 Å². The van der Waals surface area contributed by atoms with Crippen molar-refractivity contribution in [1.82, 2.24) is 31.1 Å². The van der Waals surface area contributed by atoms with Crippen molar-refractivity contribution in [2.45, 2.75) is 192 Å². The molecule has 5 atom stereocenters. The number of aliphatic carboxylic acids is 2. The summed E-state index contributed by atoms with van der Waals surface area (Å²) in [5.41, 5.74) is -4.98. The van der Waals surface area contributed by atoms with Crippen molar-refractivity contribution in [3.63, 3.8) is 0 Å². The van der Waals surface area contributed by atoms with Gasteiger partial charge >= 0.3 is 11.9 Å². The number of nitrogens with one attached hydrogen (secondary N) is 4. The van der Waals surface area contributed by atoms with Gasteiger partial charge in [-0.2, -0.15) is 0 Å². The van der Waals surface area contributed by atoms with Crippen LogP contribution in [0.3, 0.4) is 0 Å². The molecule has 2 aliphatic heterocycles. The lowest BCUT2D eigenvalue weighted by Crippen LogP contribution is -2.64. The van der Waals surface area contributed by atoms with Gasteiger partial charge in [-0.05, 0) is 113 Å². The van der Waals surface area contributed by atoms with Crippen molar-refractivity contribution in [3.05, 3.63) is 0 Å². The summed E-state index contributed by atoms with van der Waals surface area (Å²) in [5, 5.41) is 31.4. The van der Waals surface area contributed by atoms with Gasteiger partial charge in [0.1, 0.15) is 6.29 Å². The van der Waals surface area contributed by atoms with Crippen molar-refractivity contribution in [2.24, 2.45) is 0 Å². The number of carboxylic acid groups (broad SMARTS) is 2. The van der Waals surface area contributed by atoms with E-state index in [-0.39, 0.29) is 54.8 Å². The molecule has 0 bridgehead atoms. The third kappa shape index (κ3) is 14.6. The van der Waals surface area contributed by atoms with Gasteiger partial charge in [-0.1, -0.05) is 6.42 Å². The van der Waals surface area contributed by atoms with E-state index in [0.717, 1.165) is 0 Å². The highest BCUT2D eigenvalue weighted by Crippen LogP contribution is 2.26. The maximum atomic E-state index is 14.0. The number of unbranched alkanes of at least 4 members (excludes halogenated alkanes) is 1. The second-order valence-electron chi connectivity index (χ2n) is 18.3. The summed E-state index contributed by atoms with van der Waals surface area (Å²) in [5.74, 6) is -3.93. The molecule has 0 spiro atoms. The van der Waals surface area contributed by atoms with E-state index in [0.29, 0.717) is 70.9 Å². The maximum absolute atomic E-state index is 14.0. The zero-order valence-corrected chi connectivity index (χ0v) is 36.8. The lowest BCUT2D eigenvalue weighted by atomic mass is 9.85. The van der Waals surface area contributed by atoms with Crippen LogP contribution in [-0.2, 0) is 43.2 Å². The van der Waals surface area contributed by atoms with E-state index in [1.807, 2.05) is 0 Å². The highest BCUT2D eigenvalue weighted by molar-refractivity contribution is 5.98. The highest BCUT2D eigenvalue weighted by Gasteiger charge is 2.45. The minimum atomic E-state index is -1.32. The summed E-state index contributed by atoms with van der Waals surface area (Å²) < 4.78 is 0. The number of hydrogen-bond donors (Lipinski definition) is 6. The van der Waals surface area contributed by atoms with Crippen LogP contribution in [0.1, 0.15) is 140 Å². The number of aldehydes is 1. The van der Waals surface area contributed by atoms with Crippen LogP contribution in [0.25, 0.3) is 0 Å². The van der Waals surface area contributed by atoms with Crippen molar-refractivity contribution in [3.8, 4) is 0 Å². The summed E-state index contributed by atoms with van der Waals surface area (Å²) in [7, 11) is 0. The summed E-state index contributed by atoms with van der Waals surface area (Å²) >= 11 is 0. The molecule has 2 fully saturated rings. The number of carbonyl (C=O) groups excluding carboxylic acids is 7. The highest BCUT2D eigenvalue weighted by atomic mass is 16.4. The molecule has 17 heteroatoms. The molecule has 6 N–H and O–H groups in total. The van der Waals surface area contributed by atoms with Crippen LogP contribution >= 0.6 is 0 Å². The number of amides is 2. The molecule has 2 rings (SSSR count). The van der Waals surface area contributed by atoms with Gasteiger partial charge in [0.2, 0.25) is 11.8 Å². The summed E-state index contributed by atoms with van der Waals surface area (Å²) in [6.07, 6.45) is 3.58. The summed E-state index contributed by atoms with van der Waals surface area (Å²) in [6, 6.07) is -4.10. The molecule has 59 heavy (non-hydrogen) atoms. The molecule has 5 unspecified atom stereocenters. The molecule has 0 aromatic carbocycles. The standard InChI is InChI=1S/C42H70N6O11/c1-26(50)47-23-13-16-31(47)37(58)41(7,8)45-29(18-20-33(52)53)35(56)39(3,4)43-22-12-11-15-28(25-49)44-40(5,6)36(57)30(19-21-34(54)55)46-42(9,10)38(59)32-17-14-24-48(32)27(2)51/h25,28-32,43-46H,11-24H2,1-10H3,(H,52,53)(H,54,55). The minimum absolute atomic E-state index is 0.0578. The smallest absolute Gasteiger partial charge is 0.303 e. The van der Waals surface area contributed by atoms with Crippen molar-refractivity contribution >= 4 is 53.2 Å². The Labute approximate surface area is 348 Å². The Balaban J connectivity index is 2.06. The molecule has 2 saturated heterocycles. The van der Waals surface area contributed by atoms with E-state index in [1.54, 1.807) is 55.4 Å². The number of Topliss-reactive ketones (excluding diaryl/α,β-unsaturated/α-hetero) is 4. The molecule has 2 amide bonds. The fourth-order valence-electron chi connectivity index (χ4n) is 8.31. The van der Waals surface area contributed by atoms with Crippen LogP contribution < -0.4 is 21.3 Å². The van der Waals surface area contributed by atoms with E-state index in [4.69, 9.17) is 0 Å². The van der Waals surface area contributed by atoms with E-state index >= 15 is 0 Å². The Morgan fingerprint density at radius 1 is 0.610 bits per heavy atom. The average Bonchev–Trinajstić information content (AvgIpc) is 3.84. The number of hydrogen-bond acceptors (Lipinski definition) is 13. The Kier molecular flexibility index (Phi) is 18.7. The Hall–Kier alpha value is -3.93. The van der Waals surface area contributed by atoms with Crippen LogP contribution in [0.15, 0.2) is 0 Å². The number of carboxylic acids is 2. The minimum Gasteiger partial charge on any atom is -0.481 e. The molecule has 0 saturated carbocycles. The average molecular weight is 835 g/mol. The SMILES string of the molecule is CC(=O)N1CCCC1C(=O)C(C)(C)NC(CCC(=O)O)C(=O)C(C)(C)NCCCCC(C=O)NC(C)(C)C(=O)C(CCC(=O)O)NC(C)(C)C(=O)C1CCCN1C(C)=O. The first-order valence-electron chi connectivity index (χ1n) is 20.9. The summed E-state index contributed by atoms with van der Waals surface area (Å²) in [6.45, 7) is 17.1. The molecular weight excluding hydrogens is 764 g/mol. The van der Waals surface area contributed by atoms with E-state index in [2.05, 4.69) is 21.3 Å². The first-order chi connectivity index (χ1) is 27.2. The third-order valence-electron chi connectivity index (χ3n) is 11.6. The van der Waals surface area contributed by atoms with E-state index in [9.17, 15) is 53.4 Å². The fraction of sp³-hybridized carbons (Fsp3) is 0.786. The quantitative estimate of drug-likeness (QED) is 0.0512. The van der Waals surface area contributed by atoms with E-state index in [1.165, 1.54) is 23.6 Å². The number of likely N-dealkylation sites (tertiary alicyclic amines) is 2. The van der Waals surface area contributed by atoms with Gasteiger partial charge in [0.25, 0.3) is 0 Å². The van der Waals surface area contributed by atoms with Gasteiger partial charge in [0.15, 0.2) is 23.1 Å². The first kappa shape index (κ1) is 51.2. The van der Waals surface area contributed by atoms with Crippen molar-refractivity contribution in [1.29, 1.82) is 0 Å². The van der Waals surface area contributed by atoms with Gasteiger partial charge < -0.3 is 30.1 Å². The molecule has 17 nitrogen and oxygen atoms in total. The van der Waals surface area contributed by atoms with Gasteiger partial charge in [-0.15, -0.1) is 0 Å². The van der Waals surface area contributed by atoms with Crippen LogP contribution in [0, 0.1) is 0 Å². The molecule has 0 aliphatic carbocycles. The third-order valence-corrected chi connectivity index (χ3v) is 11.6. The molecular formula is C42H70N6O11. The monoisotopic (exact) mass is 835 g/mol. The number of carbonyl (C=O) groups is 9. The predicted octanol–water partition coefficient (Wildman–Crippen LogP) is 1.96. The number of rotatable bonds is 27. The molecule has 2 heterocycles. The van der Waals surface area contributed by atoms with Crippen molar-refractivity contribution < 1.29 is 53.4 Å². The lowest BCUT2D eigenvalue weighted by Gasteiger charge is -2.38. The van der Waals surface area contributed by atoms with Crippen LogP contribution in [0.5, 0.6) is 0 Å². The predicted molar refractivity (Wildman–Crippen MR) is 220 cm³/mol. The zero-order valence-electron chi connectivity index (χ0n) is 36.8. The fourth-order valence-corrected chi connectivity index (χ4v) is 8.31. The normalized spacial score (nSPS) is 19.2. The maximum Gasteiger partial charge on any atom is 0.303 e. The second-order valence-corrected chi connectivity index (χ2v) is 18.3. The zero-order chi connectivity index (χ0) is 45.1. The Morgan fingerprint density at radius 2 is 1.02 bits per heavy atom. The van der Waals surface area contributed by atoms with Gasteiger partial charge in [0, 0.05) is 39.8 Å². The summed E-state index contributed by atoms with van der Waals surface area (Å²) in [4.78, 5) is 118. The Morgan fingerprint density at radius 3 is 1.39 bits per heavy atom. The molecule has 334 valence electrons. The number of ketones is 4. The first-order valence-corrected chi connectivity index (χ1v) is 20.9. The molecule has 2 aliphatic rings. The topological polar surface area (TPSA) is 249 Å². The van der Waals surface area contributed by atoms with Gasteiger partial charge in [-0.25, -0.2) is 0 Å². The molecule has 0 aromatic heterocycles. The Bertz CT molecular complexity index is 1570. The number of nitrogens with zero attached hydrogens (tertiary/aromatic N) is 2. The van der Waals surface area contributed by atoms with Crippen LogP contribution in [0.2, 0.25) is 0 Å². The van der Waals surface area contributed by atoms with Crippen LogP contribution in [-0.4, -0.2) is 145 Å². The largest absolute Gasteiger partial charge is 0.481 e. The molecule has 0 radical (unpaired) electrons. The van der Waals surface area contributed by atoms with Gasteiger partial charge in [-0.3, -0.25) is 54.3 Å². The van der Waals surface area contributed by atoms with Crippen molar-refractivity contribution in [2.75, 3.05) is 19.6 Å². The second kappa shape index (κ2) is 21.5.